The molecule has 0 bridgehead atoms. The number of allylic oxidation sites excluding steroid dienone is 1. The van der Waals surface area contributed by atoms with Gasteiger partial charge in [-0.2, -0.15) is 0 Å². The summed E-state index contributed by atoms with van der Waals surface area (Å²) < 4.78 is 12.6. The fraction of sp³-hybridized carbons (Fsp3) is 0.118. The number of ether oxygens (including phenoxy) is 2. The van der Waals surface area contributed by atoms with Gasteiger partial charge in [0.2, 0.25) is 0 Å². The summed E-state index contributed by atoms with van der Waals surface area (Å²) in [6, 6.07) is 33.2. The van der Waals surface area contributed by atoms with Crippen LogP contribution in [0.4, 0.5) is 10.5 Å². The zero-order valence-corrected chi connectivity index (χ0v) is 22.6. The smallest absolute Gasteiger partial charge is 0.412 e. The monoisotopic (exact) mass is 562 g/mol. The van der Waals surface area contributed by atoms with E-state index < -0.39 is 24.2 Å². The van der Waals surface area contributed by atoms with E-state index in [1.807, 2.05) is 91.0 Å². The van der Waals surface area contributed by atoms with E-state index in [4.69, 9.17) is 14.7 Å². The maximum atomic E-state index is 13.5. The predicted octanol–water partition coefficient (Wildman–Crippen LogP) is 7.28. The summed E-state index contributed by atoms with van der Waals surface area (Å²) in [4.78, 5) is 25.0. The van der Waals surface area contributed by atoms with Gasteiger partial charge in [-0.1, -0.05) is 91.0 Å². The van der Waals surface area contributed by atoms with Crippen molar-refractivity contribution >= 4 is 39.2 Å². The van der Waals surface area contributed by atoms with Crippen molar-refractivity contribution in [3.8, 4) is 11.5 Å². The molecule has 0 spiro atoms. The summed E-state index contributed by atoms with van der Waals surface area (Å²) in [5, 5.41) is 25.4. The lowest BCUT2D eigenvalue weighted by atomic mass is 9.94. The third kappa shape index (κ3) is 6.68. The first-order valence-corrected chi connectivity index (χ1v) is 13.5. The first-order chi connectivity index (χ1) is 20.5. The van der Waals surface area contributed by atoms with Gasteiger partial charge < -0.3 is 14.6 Å². The van der Waals surface area contributed by atoms with Crippen LogP contribution >= 0.6 is 0 Å². The summed E-state index contributed by atoms with van der Waals surface area (Å²) in [6.07, 6.45) is 1.28. The highest BCUT2D eigenvalue weighted by molar-refractivity contribution is 6.00. The molecule has 2 amide bonds. The highest BCUT2D eigenvalue weighted by Crippen LogP contribution is 2.37. The van der Waals surface area contributed by atoms with Gasteiger partial charge in [-0.15, -0.1) is 0 Å². The van der Waals surface area contributed by atoms with Gasteiger partial charge in [-0.3, -0.25) is 15.3 Å². The molecule has 4 N–H and O–H groups in total. The Morgan fingerprint density at radius 2 is 1.48 bits per heavy atom. The molecule has 5 aromatic rings. The number of para-hydroxylation sites is 1. The molecule has 8 nitrogen and oxygen atoms in total. The lowest BCUT2D eigenvalue weighted by molar-refractivity contribution is -0.124. The Balaban J connectivity index is 1.53. The van der Waals surface area contributed by atoms with E-state index in [9.17, 15) is 14.7 Å². The number of rotatable bonds is 10. The molecule has 0 fully saturated rings. The van der Waals surface area contributed by atoms with E-state index in [-0.39, 0.29) is 5.75 Å². The van der Waals surface area contributed by atoms with E-state index in [2.05, 4.69) is 5.32 Å². The van der Waals surface area contributed by atoms with E-state index in [1.54, 1.807) is 29.8 Å². The van der Waals surface area contributed by atoms with Crippen molar-refractivity contribution in [3.63, 3.8) is 0 Å². The van der Waals surface area contributed by atoms with Gasteiger partial charge in [0, 0.05) is 22.4 Å². The van der Waals surface area contributed by atoms with Crippen LogP contribution in [-0.4, -0.2) is 28.4 Å². The maximum Gasteiger partial charge on any atom is 0.412 e. The first-order valence-electron chi connectivity index (χ1n) is 13.5. The minimum atomic E-state index is -0.911. The van der Waals surface area contributed by atoms with Crippen molar-refractivity contribution in [2.24, 2.45) is 0 Å². The minimum Gasteiger partial charge on any atom is -0.507 e. The van der Waals surface area contributed by atoms with Crippen molar-refractivity contribution in [1.82, 2.24) is 5.48 Å². The number of phenols is 1. The van der Waals surface area contributed by atoms with Gasteiger partial charge in [0.05, 0.1) is 5.69 Å². The third-order valence-electron chi connectivity index (χ3n) is 6.87. The van der Waals surface area contributed by atoms with Gasteiger partial charge in [0.1, 0.15) is 17.6 Å². The largest absolute Gasteiger partial charge is 0.507 e. The number of aromatic hydroxyl groups is 1. The number of fused-ring (bicyclic) bond motifs is 2. The Morgan fingerprint density at radius 3 is 2.26 bits per heavy atom. The predicted molar refractivity (Wildman–Crippen MR) is 162 cm³/mol. The number of phenolic OH excluding ortho intramolecular Hbond substituents is 1. The van der Waals surface area contributed by atoms with Gasteiger partial charge in [0.15, 0.2) is 6.10 Å². The third-order valence-corrected chi connectivity index (χ3v) is 6.87. The lowest BCUT2D eigenvalue weighted by Gasteiger charge is -2.29. The van der Waals surface area contributed by atoms with Crippen molar-refractivity contribution in [1.29, 1.82) is 0 Å². The average molecular weight is 563 g/mol. The van der Waals surface area contributed by atoms with Gasteiger partial charge >= 0.3 is 6.09 Å². The first kappa shape index (κ1) is 28.2. The van der Waals surface area contributed by atoms with Crippen LogP contribution < -0.4 is 15.5 Å². The Kier molecular flexibility index (Phi) is 8.96. The van der Waals surface area contributed by atoms with Crippen molar-refractivity contribution in [3.05, 3.63) is 127 Å². The number of nitrogens with one attached hydrogen (secondary N) is 2. The number of carbonyl (C=O) groups is 2. The fourth-order valence-electron chi connectivity index (χ4n) is 4.92. The summed E-state index contributed by atoms with van der Waals surface area (Å²) >= 11 is 0. The summed E-state index contributed by atoms with van der Waals surface area (Å²) in [6.45, 7) is 0. The number of benzene rings is 5. The molecule has 0 radical (unpaired) electrons. The van der Waals surface area contributed by atoms with Crippen LogP contribution in [-0.2, 0) is 9.53 Å². The molecule has 0 aromatic heterocycles. The van der Waals surface area contributed by atoms with Gasteiger partial charge in [-0.25, -0.2) is 10.3 Å². The fourth-order valence-corrected chi connectivity index (χ4v) is 4.92. The Morgan fingerprint density at radius 1 is 0.786 bits per heavy atom. The van der Waals surface area contributed by atoms with Crippen LogP contribution in [0.5, 0.6) is 11.5 Å². The molecule has 0 aliphatic heterocycles. The Bertz CT molecular complexity index is 1710. The number of hydroxylamine groups is 1. The van der Waals surface area contributed by atoms with Gasteiger partial charge in [-0.05, 0) is 47.9 Å². The molecule has 2 atom stereocenters. The highest BCUT2D eigenvalue weighted by atomic mass is 16.6. The van der Waals surface area contributed by atoms with E-state index in [0.717, 1.165) is 10.8 Å². The second-order valence-electron chi connectivity index (χ2n) is 9.62. The Hall–Kier alpha value is -5.34. The minimum absolute atomic E-state index is 0.104. The number of anilines is 1. The normalized spacial score (nSPS) is 12.6. The van der Waals surface area contributed by atoms with Crippen LogP contribution in [0, 0.1) is 0 Å². The van der Waals surface area contributed by atoms with Crippen LogP contribution in [0.15, 0.2) is 121 Å². The van der Waals surface area contributed by atoms with Gasteiger partial charge in [0.25, 0.3) is 5.91 Å². The molecule has 0 unspecified atom stereocenters. The standard InChI is InChI=1S/C34H30N2O6/c37-30-22-21-28(26-16-6-7-17-27(26)30)33(42-34(39)35-29-18-10-12-23-11-4-5-15-25(23)29)31(19-8-9-20-32(38)36-40)41-24-13-2-1-3-14-24/h1-7,9-18,20-22,31,33,37,40H,8,19H2,(H,35,39)(H,36,38)/b20-9+/t31-,33-/m0/s1. The molecular formula is C34H30N2O6. The molecule has 8 heteroatoms. The van der Waals surface area contributed by atoms with E-state index in [1.165, 1.54) is 6.08 Å². The van der Waals surface area contributed by atoms with E-state index in [0.29, 0.717) is 40.6 Å². The molecule has 0 heterocycles. The van der Waals surface area contributed by atoms with E-state index >= 15 is 0 Å². The van der Waals surface area contributed by atoms with Crippen molar-refractivity contribution < 1.29 is 29.4 Å². The zero-order valence-electron chi connectivity index (χ0n) is 22.6. The zero-order chi connectivity index (χ0) is 29.3. The quantitative estimate of drug-likeness (QED) is 0.0808. The number of carbonyl (C=O) groups excluding carboxylic acids is 2. The van der Waals surface area contributed by atoms with Crippen LogP contribution in [0.2, 0.25) is 0 Å². The summed E-state index contributed by atoms with van der Waals surface area (Å²) in [5.74, 6) is 0.0276. The molecule has 0 saturated heterocycles. The Labute approximate surface area is 242 Å². The second kappa shape index (κ2) is 13.3. The molecule has 42 heavy (non-hydrogen) atoms. The van der Waals surface area contributed by atoms with Crippen LogP contribution in [0.3, 0.4) is 0 Å². The highest BCUT2D eigenvalue weighted by Gasteiger charge is 2.31. The topological polar surface area (TPSA) is 117 Å². The van der Waals surface area contributed by atoms with Crippen LogP contribution in [0.25, 0.3) is 21.5 Å². The number of amides is 2. The molecule has 0 saturated carbocycles. The summed E-state index contributed by atoms with van der Waals surface area (Å²) in [5.41, 5.74) is 2.82. The molecular weight excluding hydrogens is 532 g/mol. The number of hydrogen-bond donors (Lipinski definition) is 4. The summed E-state index contributed by atoms with van der Waals surface area (Å²) in [7, 11) is 0. The number of hydrogen-bond acceptors (Lipinski definition) is 6. The molecule has 5 rings (SSSR count). The van der Waals surface area contributed by atoms with Crippen molar-refractivity contribution in [2.75, 3.05) is 5.32 Å². The molecule has 5 aromatic carbocycles. The maximum absolute atomic E-state index is 13.5. The van der Waals surface area contributed by atoms with Crippen LogP contribution in [0.1, 0.15) is 24.5 Å². The average Bonchev–Trinajstić information content (AvgIpc) is 3.02. The SMILES string of the molecule is O=C(/C=C/CC[C@H](Oc1ccccc1)[C@@H](OC(=O)Nc1cccc2ccccc12)c1ccc(O)c2ccccc12)NO. The van der Waals surface area contributed by atoms with Crippen molar-refractivity contribution in [2.45, 2.75) is 25.0 Å². The molecule has 212 valence electrons. The molecule has 0 aliphatic rings. The lowest BCUT2D eigenvalue weighted by Crippen LogP contribution is -2.31. The second-order valence-corrected chi connectivity index (χ2v) is 9.62. The molecule has 0 aliphatic carbocycles.